The third kappa shape index (κ3) is 5.98. The molecule has 0 N–H and O–H groups in total. The van der Waals surface area contributed by atoms with Gasteiger partial charge in [0.05, 0.1) is 13.2 Å². The van der Waals surface area contributed by atoms with E-state index in [-0.39, 0.29) is 30.5 Å². The predicted molar refractivity (Wildman–Crippen MR) is 137 cm³/mol. The van der Waals surface area contributed by atoms with Crippen molar-refractivity contribution >= 4 is 11.8 Å². The molecule has 4 rings (SSSR count). The molecule has 0 aromatic heterocycles. The van der Waals surface area contributed by atoms with Gasteiger partial charge in [-0.2, -0.15) is 0 Å². The molecule has 1 aliphatic carbocycles. The number of benzene rings is 2. The van der Waals surface area contributed by atoms with Gasteiger partial charge in [0.25, 0.3) is 5.91 Å². The van der Waals surface area contributed by atoms with Crippen LogP contribution < -0.4 is 9.47 Å². The van der Waals surface area contributed by atoms with E-state index in [0.29, 0.717) is 24.5 Å². The molecule has 2 amide bonds. The Balaban J connectivity index is 1.66. The summed E-state index contributed by atoms with van der Waals surface area (Å²) >= 11 is 0. The number of ether oxygens (including phenoxy) is 2. The van der Waals surface area contributed by atoms with Crippen molar-refractivity contribution in [3.05, 3.63) is 59.7 Å². The van der Waals surface area contributed by atoms with Gasteiger partial charge in [-0.3, -0.25) is 9.59 Å². The maximum absolute atomic E-state index is 14.0. The molecular weight excluding hydrogens is 440 g/mol. The SMILES string of the molecule is COc1cc([C@H]2C(=O)N(C3CCCCCC3)CC(=O)N2CCc2ccccc2)ccc1OC(C)C. The van der Waals surface area contributed by atoms with Crippen LogP contribution in [0.1, 0.15) is 69.5 Å². The lowest BCUT2D eigenvalue weighted by molar-refractivity contribution is -0.158. The highest BCUT2D eigenvalue weighted by atomic mass is 16.5. The Morgan fingerprint density at radius 2 is 1.66 bits per heavy atom. The zero-order chi connectivity index (χ0) is 24.8. The van der Waals surface area contributed by atoms with Gasteiger partial charge in [-0.25, -0.2) is 0 Å². The van der Waals surface area contributed by atoms with Crippen LogP contribution in [0.3, 0.4) is 0 Å². The third-order valence-corrected chi connectivity index (χ3v) is 7.07. The summed E-state index contributed by atoms with van der Waals surface area (Å²) in [7, 11) is 1.60. The summed E-state index contributed by atoms with van der Waals surface area (Å²) in [5.74, 6) is 1.24. The number of amides is 2. The third-order valence-electron chi connectivity index (χ3n) is 7.07. The number of carbonyl (C=O) groups excluding carboxylic acids is 2. The Morgan fingerprint density at radius 3 is 2.31 bits per heavy atom. The highest BCUT2D eigenvalue weighted by molar-refractivity contribution is 5.96. The Labute approximate surface area is 209 Å². The van der Waals surface area contributed by atoms with Gasteiger partial charge in [0.2, 0.25) is 5.91 Å². The van der Waals surface area contributed by atoms with Crippen LogP contribution >= 0.6 is 0 Å². The van der Waals surface area contributed by atoms with E-state index in [4.69, 9.17) is 9.47 Å². The first-order chi connectivity index (χ1) is 17.0. The number of rotatable bonds is 8. The van der Waals surface area contributed by atoms with Crippen molar-refractivity contribution in [3.8, 4) is 11.5 Å². The van der Waals surface area contributed by atoms with Crippen LogP contribution in [-0.2, 0) is 16.0 Å². The minimum Gasteiger partial charge on any atom is -0.493 e. The average Bonchev–Trinajstić information content (AvgIpc) is 3.14. The van der Waals surface area contributed by atoms with Crippen LogP contribution in [0.5, 0.6) is 11.5 Å². The normalized spacial score (nSPS) is 19.7. The molecule has 6 heteroatoms. The molecule has 0 radical (unpaired) electrons. The van der Waals surface area contributed by atoms with Crippen molar-refractivity contribution < 1.29 is 19.1 Å². The summed E-state index contributed by atoms with van der Waals surface area (Å²) in [5, 5.41) is 0. The Kier molecular flexibility index (Phi) is 8.32. The molecule has 1 heterocycles. The maximum Gasteiger partial charge on any atom is 0.250 e. The van der Waals surface area contributed by atoms with E-state index < -0.39 is 6.04 Å². The standard InChI is InChI=1S/C29H38N2O4/c1-21(2)35-25-16-15-23(19-26(25)34-3)28-29(33)31(24-13-9-4-5-10-14-24)20-27(32)30(28)18-17-22-11-7-6-8-12-22/h6-8,11-12,15-16,19,21,24,28H,4-5,9-10,13-14,17-18,20H2,1-3H3/t28-/m0/s1. The molecule has 2 fully saturated rings. The van der Waals surface area contributed by atoms with Gasteiger partial charge in [-0.05, 0) is 56.4 Å². The number of hydrogen-bond acceptors (Lipinski definition) is 4. The van der Waals surface area contributed by atoms with E-state index >= 15 is 0 Å². The smallest absolute Gasteiger partial charge is 0.250 e. The zero-order valence-electron chi connectivity index (χ0n) is 21.2. The molecule has 1 atom stereocenters. The first-order valence-corrected chi connectivity index (χ1v) is 13.0. The minimum atomic E-state index is -0.662. The van der Waals surface area contributed by atoms with Crippen LogP contribution in [0.25, 0.3) is 0 Å². The molecular formula is C29H38N2O4. The molecule has 0 spiro atoms. The fourth-order valence-corrected chi connectivity index (χ4v) is 5.30. The van der Waals surface area contributed by atoms with Crippen molar-refractivity contribution in [2.24, 2.45) is 0 Å². The first kappa shape index (κ1) is 25.1. The van der Waals surface area contributed by atoms with Crippen LogP contribution in [0.15, 0.2) is 48.5 Å². The first-order valence-electron chi connectivity index (χ1n) is 13.0. The fourth-order valence-electron chi connectivity index (χ4n) is 5.30. The van der Waals surface area contributed by atoms with Crippen LogP contribution in [0, 0.1) is 0 Å². The summed E-state index contributed by atoms with van der Waals surface area (Å²) in [6.07, 6.45) is 7.27. The lowest BCUT2D eigenvalue weighted by Crippen LogP contribution is -2.58. The van der Waals surface area contributed by atoms with Crippen molar-refractivity contribution in [1.82, 2.24) is 9.80 Å². The second kappa shape index (κ2) is 11.6. The molecule has 188 valence electrons. The van der Waals surface area contributed by atoms with E-state index in [1.807, 2.05) is 55.1 Å². The molecule has 6 nitrogen and oxygen atoms in total. The largest absolute Gasteiger partial charge is 0.493 e. The van der Waals surface area contributed by atoms with Gasteiger partial charge in [0.1, 0.15) is 12.6 Å². The predicted octanol–water partition coefficient (Wildman–Crippen LogP) is 5.16. The molecule has 2 aromatic rings. The molecule has 1 aliphatic heterocycles. The second-order valence-electron chi connectivity index (χ2n) is 9.91. The van der Waals surface area contributed by atoms with Gasteiger partial charge in [0.15, 0.2) is 11.5 Å². The lowest BCUT2D eigenvalue weighted by atomic mass is 9.96. The molecule has 1 saturated heterocycles. The van der Waals surface area contributed by atoms with Gasteiger partial charge in [-0.1, -0.05) is 62.1 Å². The highest BCUT2D eigenvalue weighted by Gasteiger charge is 2.42. The van der Waals surface area contributed by atoms with Crippen molar-refractivity contribution in [2.75, 3.05) is 20.2 Å². The van der Waals surface area contributed by atoms with Gasteiger partial charge in [0, 0.05) is 12.6 Å². The van der Waals surface area contributed by atoms with Crippen LogP contribution in [0.2, 0.25) is 0 Å². The highest BCUT2D eigenvalue weighted by Crippen LogP contribution is 2.37. The summed E-state index contributed by atoms with van der Waals surface area (Å²) in [4.78, 5) is 31.2. The van der Waals surface area contributed by atoms with E-state index in [0.717, 1.165) is 36.8 Å². The number of piperazine rings is 1. The summed E-state index contributed by atoms with van der Waals surface area (Å²) in [6, 6.07) is 15.2. The van der Waals surface area contributed by atoms with E-state index in [1.165, 1.54) is 12.8 Å². The van der Waals surface area contributed by atoms with Gasteiger partial charge < -0.3 is 19.3 Å². The monoisotopic (exact) mass is 478 g/mol. The Morgan fingerprint density at radius 1 is 0.943 bits per heavy atom. The topological polar surface area (TPSA) is 59.1 Å². The van der Waals surface area contributed by atoms with E-state index in [9.17, 15) is 9.59 Å². The van der Waals surface area contributed by atoms with Crippen molar-refractivity contribution in [2.45, 2.75) is 77.0 Å². The van der Waals surface area contributed by atoms with Crippen LogP contribution in [-0.4, -0.2) is 54.0 Å². The second-order valence-corrected chi connectivity index (χ2v) is 9.91. The number of nitrogens with zero attached hydrogens (tertiary/aromatic N) is 2. The molecule has 2 aliphatic rings. The van der Waals surface area contributed by atoms with Crippen LogP contribution in [0.4, 0.5) is 0 Å². The fraction of sp³-hybridized carbons (Fsp3) is 0.517. The van der Waals surface area contributed by atoms with E-state index in [1.54, 1.807) is 12.0 Å². The average molecular weight is 479 g/mol. The summed E-state index contributed by atoms with van der Waals surface area (Å²) in [5.41, 5.74) is 1.92. The van der Waals surface area contributed by atoms with Crippen molar-refractivity contribution in [1.29, 1.82) is 0 Å². The zero-order valence-corrected chi connectivity index (χ0v) is 21.2. The maximum atomic E-state index is 14.0. The summed E-state index contributed by atoms with van der Waals surface area (Å²) < 4.78 is 11.5. The Hall–Kier alpha value is -3.02. The van der Waals surface area contributed by atoms with Gasteiger partial charge >= 0.3 is 0 Å². The molecule has 1 saturated carbocycles. The molecule has 0 bridgehead atoms. The summed E-state index contributed by atoms with van der Waals surface area (Å²) in [6.45, 7) is 4.59. The molecule has 35 heavy (non-hydrogen) atoms. The van der Waals surface area contributed by atoms with E-state index in [2.05, 4.69) is 12.1 Å². The minimum absolute atomic E-state index is 0.000684. The quantitative estimate of drug-likeness (QED) is 0.492. The Bertz CT molecular complexity index is 999. The lowest BCUT2D eigenvalue weighted by Gasteiger charge is -2.43. The number of carbonyl (C=O) groups is 2. The molecule has 0 unspecified atom stereocenters. The number of methoxy groups -OCH3 is 1. The number of hydrogen-bond donors (Lipinski definition) is 0. The molecule has 2 aromatic carbocycles. The van der Waals surface area contributed by atoms with Crippen molar-refractivity contribution in [3.63, 3.8) is 0 Å². The van der Waals surface area contributed by atoms with Gasteiger partial charge in [-0.15, -0.1) is 0 Å².